The van der Waals surface area contributed by atoms with Crippen LogP contribution in [0.1, 0.15) is 29.9 Å². The average Bonchev–Trinajstić information content (AvgIpc) is 2.29. The zero-order valence-corrected chi connectivity index (χ0v) is 10.4. The molecule has 0 saturated heterocycles. The molecule has 0 heterocycles. The van der Waals surface area contributed by atoms with Crippen molar-refractivity contribution in [2.45, 2.75) is 31.7 Å². The first-order valence-electron chi connectivity index (χ1n) is 5.76. The summed E-state index contributed by atoms with van der Waals surface area (Å²) in [6, 6.07) is 3.82. The van der Waals surface area contributed by atoms with Gasteiger partial charge in [-0.15, -0.1) is 0 Å². The summed E-state index contributed by atoms with van der Waals surface area (Å²) >= 11 is 0. The lowest BCUT2D eigenvalue weighted by molar-refractivity contribution is 0.326. The van der Waals surface area contributed by atoms with Gasteiger partial charge in [0.2, 0.25) is 0 Å². The summed E-state index contributed by atoms with van der Waals surface area (Å²) in [5, 5.41) is 3.16. The van der Waals surface area contributed by atoms with Crippen molar-refractivity contribution in [3.8, 4) is 11.5 Å². The van der Waals surface area contributed by atoms with Crippen molar-refractivity contribution >= 4 is 0 Å². The summed E-state index contributed by atoms with van der Waals surface area (Å²) in [6.07, 6.45) is 1.88. The molecule has 4 nitrogen and oxygen atoms in total. The fourth-order valence-electron chi connectivity index (χ4n) is 2.35. The number of methoxy groups -OCH3 is 2. The Balaban J connectivity index is 2.39. The number of hydrogen-bond acceptors (Lipinski definition) is 4. The maximum atomic E-state index is 10.7. The Kier molecular flexibility index (Phi) is 3.31. The van der Waals surface area contributed by atoms with Crippen molar-refractivity contribution in [3.63, 3.8) is 0 Å². The lowest BCUT2D eigenvalue weighted by Gasteiger charge is -2.32. The van der Waals surface area contributed by atoms with E-state index in [2.05, 4.69) is 5.18 Å². The highest BCUT2D eigenvalue weighted by molar-refractivity contribution is 5.48. The third kappa shape index (κ3) is 1.99. The average molecular weight is 235 g/mol. The van der Waals surface area contributed by atoms with E-state index in [0.29, 0.717) is 0 Å². The molecule has 17 heavy (non-hydrogen) atoms. The predicted molar refractivity (Wildman–Crippen MR) is 65.8 cm³/mol. The predicted octanol–water partition coefficient (Wildman–Crippen LogP) is 3.02. The Labute approximate surface area is 101 Å². The van der Waals surface area contributed by atoms with Gasteiger partial charge in [-0.3, -0.25) is 0 Å². The van der Waals surface area contributed by atoms with Crippen LogP contribution >= 0.6 is 0 Å². The Morgan fingerprint density at radius 2 is 1.88 bits per heavy atom. The molecule has 4 heteroatoms. The Morgan fingerprint density at radius 3 is 2.35 bits per heavy atom. The highest BCUT2D eigenvalue weighted by atomic mass is 16.5. The first-order chi connectivity index (χ1) is 8.21. The minimum atomic E-state index is -0.100. The van der Waals surface area contributed by atoms with Crippen LogP contribution in [0.5, 0.6) is 11.5 Å². The highest BCUT2D eigenvalue weighted by Gasteiger charge is 2.35. The van der Waals surface area contributed by atoms with E-state index >= 15 is 0 Å². The molecule has 1 aliphatic rings. The van der Waals surface area contributed by atoms with Gasteiger partial charge in [0.05, 0.1) is 20.3 Å². The zero-order valence-electron chi connectivity index (χ0n) is 10.4. The third-order valence-corrected chi connectivity index (χ3v) is 3.52. The molecule has 0 aliphatic heterocycles. The van der Waals surface area contributed by atoms with Crippen LogP contribution in [0.2, 0.25) is 0 Å². The molecule has 2 unspecified atom stereocenters. The number of rotatable bonds is 4. The van der Waals surface area contributed by atoms with Crippen LogP contribution < -0.4 is 9.47 Å². The van der Waals surface area contributed by atoms with Crippen molar-refractivity contribution in [1.82, 2.24) is 0 Å². The molecular weight excluding hydrogens is 218 g/mol. The number of aryl methyl sites for hydroxylation is 1. The highest BCUT2D eigenvalue weighted by Crippen LogP contribution is 2.44. The van der Waals surface area contributed by atoms with Crippen molar-refractivity contribution in [2.75, 3.05) is 14.2 Å². The molecule has 0 radical (unpaired) electrons. The van der Waals surface area contributed by atoms with E-state index in [1.807, 2.05) is 19.1 Å². The molecule has 92 valence electrons. The third-order valence-electron chi connectivity index (χ3n) is 3.52. The normalized spacial score (nSPS) is 22.8. The number of nitroso groups, excluding NO2 is 1. The van der Waals surface area contributed by atoms with Crippen LogP contribution in [0.25, 0.3) is 0 Å². The summed E-state index contributed by atoms with van der Waals surface area (Å²) in [4.78, 5) is 10.7. The smallest absolute Gasteiger partial charge is 0.126 e. The molecule has 0 amide bonds. The van der Waals surface area contributed by atoms with Gasteiger partial charge in [0.15, 0.2) is 0 Å². The first-order valence-corrected chi connectivity index (χ1v) is 5.76. The molecule has 2 rings (SSSR count). The largest absolute Gasteiger partial charge is 0.496 e. The van der Waals surface area contributed by atoms with Crippen molar-refractivity contribution in [2.24, 2.45) is 5.18 Å². The van der Waals surface area contributed by atoms with Gasteiger partial charge < -0.3 is 9.47 Å². The second kappa shape index (κ2) is 4.73. The summed E-state index contributed by atoms with van der Waals surface area (Å²) in [7, 11) is 3.27. The Hall–Kier alpha value is -1.58. The van der Waals surface area contributed by atoms with Gasteiger partial charge in [-0.25, -0.2) is 0 Å². The van der Waals surface area contributed by atoms with Crippen LogP contribution in [0, 0.1) is 11.8 Å². The molecule has 1 saturated carbocycles. The van der Waals surface area contributed by atoms with Crippen LogP contribution in [0.15, 0.2) is 17.3 Å². The van der Waals surface area contributed by atoms with E-state index in [1.165, 1.54) is 0 Å². The van der Waals surface area contributed by atoms with Gasteiger partial charge in [0, 0.05) is 12.0 Å². The lowest BCUT2D eigenvalue weighted by Crippen LogP contribution is -2.27. The summed E-state index contributed by atoms with van der Waals surface area (Å²) in [6.45, 7) is 1.99. The monoisotopic (exact) mass is 235 g/mol. The van der Waals surface area contributed by atoms with Crippen molar-refractivity contribution in [1.29, 1.82) is 0 Å². The van der Waals surface area contributed by atoms with Gasteiger partial charge >= 0.3 is 0 Å². The number of benzene rings is 1. The molecule has 1 aromatic rings. The lowest BCUT2D eigenvalue weighted by atomic mass is 9.75. The molecule has 0 N–H and O–H groups in total. The number of nitrogens with zero attached hydrogens (tertiary/aromatic N) is 1. The number of ether oxygens (including phenoxy) is 2. The van der Waals surface area contributed by atoms with Gasteiger partial charge in [-0.05, 0) is 37.0 Å². The van der Waals surface area contributed by atoms with E-state index in [4.69, 9.17) is 9.47 Å². The van der Waals surface area contributed by atoms with E-state index in [1.54, 1.807) is 14.2 Å². The van der Waals surface area contributed by atoms with Gasteiger partial charge in [-0.1, -0.05) is 5.18 Å². The van der Waals surface area contributed by atoms with Crippen LogP contribution in [0.4, 0.5) is 0 Å². The molecule has 2 atom stereocenters. The summed E-state index contributed by atoms with van der Waals surface area (Å²) in [5.74, 6) is 1.79. The zero-order chi connectivity index (χ0) is 12.4. The van der Waals surface area contributed by atoms with Crippen molar-refractivity contribution in [3.05, 3.63) is 28.2 Å². The molecule has 1 fully saturated rings. The van der Waals surface area contributed by atoms with E-state index in [0.717, 1.165) is 35.5 Å². The van der Waals surface area contributed by atoms with Crippen LogP contribution in [-0.2, 0) is 0 Å². The number of hydrogen-bond donors (Lipinski definition) is 0. The molecule has 0 bridgehead atoms. The van der Waals surface area contributed by atoms with Crippen LogP contribution in [0.3, 0.4) is 0 Å². The van der Waals surface area contributed by atoms with Crippen molar-refractivity contribution < 1.29 is 9.47 Å². The van der Waals surface area contributed by atoms with Gasteiger partial charge in [0.1, 0.15) is 11.5 Å². The van der Waals surface area contributed by atoms with E-state index in [9.17, 15) is 4.91 Å². The Morgan fingerprint density at radius 1 is 1.18 bits per heavy atom. The quantitative estimate of drug-likeness (QED) is 0.754. The second-order valence-electron chi connectivity index (χ2n) is 4.42. The standard InChI is InChI=1S/C13H17NO3/c1-8-6-10(9-4-5-11(9)14-15)13(17-3)7-12(8)16-2/h6-7,9,11H,4-5H2,1-3H3. The SMILES string of the molecule is COc1cc(OC)c(C2CCC2N=O)cc1C. The molecule has 1 aromatic carbocycles. The topological polar surface area (TPSA) is 47.9 Å². The van der Waals surface area contributed by atoms with Crippen LogP contribution in [-0.4, -0.2) is 20.3 Å². The molecule has 0 spiro atoms. The molecular formula is C13H17NO3. The minimum absolute atomic E-state index is 0.100. The van der Waals surface area contributed by atoms with E-state index < -0.39 is 0 Å². The maximum absolute atomic E-state index is 10.7. The molecule has 0 aromatic heterocycles. The van der Waals surface area contributed by atoms with Gasteiger partial charge in [-0.2, -0.15) is 4.91 Å². The fourth-order valence-corrected chi connectivity index (χ4v) is 2.35. The fraction of sp³-hybridized carbons (Fsp3) is 0.538. The Bertz CT molecular complexity index is 431. The minimum Gasteiger partial charge on any atom is -0.496 e. The van der Waals surface area contributed by atoms with Gasteiger partial charge in [0.25, 0.3) is 0 Å². The second-order valence-corrected chi connectivity index (χ2v) is 4.42. The first kappa shape index (κ1) is 11.9. The molecule has 1 aliphatic carbocycles. The summed E-state index contributed by atoms with van der Waals surface area (Å²) in [5.41, 5.74) is 2.13. The summed E-state index contributed by atoms with van der Waals surface area (Å²) < 4.78 is 10.6. The maximum Gasteiger partial charge on any atom is 0.126 e. The van der Waals surface area contributed by atoms with E-state index in [-0.39, 0.29) is 12.0 Å².